The van der Waals surface area contributed by atoms with E-state index in [9.17, 15) is 4.79 Å². The molecule has 1 fully saturated rings. The number of carbonyl (C=O) groups is 1. The summed E-state index contributed by atoms with van der Waals surface area (Å²) in [6.45, 7) is 9.81. The SMILES string of the molecule is C=C/C=C(\C=C/C)c1cnc2n[nH]c(NC(=O)c3ccc(N4CCN(C)CC4)cc3)c2c1. The average molecular weight is 429 g/mol. The number of pyridine rings is 1. The van der Waals surface area contributed by atoms with Crippen LogP contribution in [0.25, 0.3) is 16.6 Å². The smallest absolute Gasteiger partial charge is 0.256 e. The molecule has 4 rings (SSSR count). The van der Waals surface area contributed by atoms with Gasteiger partial charge in [0.05, 0.1) is 5.39 Å². The zero-order chi connectivity index (χ0) is 22.5. The summed E-state index contributed by atoms with van der Waals surface area (Å²) in [5, 5.41) is 10.8. The highest BCUT2D eigenvalue weighted by molar-refractivity contribution is 6.07. The van der Waals surface area contributed by atoms with Crippen LogP contribution in [-0.2, 0) is 0 Å². The van der Waals surface area contributed by atoms with E-state index in [-0.39, 0.29) is 5.91 Å². The number of H-pyrrole nitrogens is 1. The minimum atomic E-state index is -0.193. The monoisotopic (exact) mass is 428 g/mol. The van der Waals surface area contributed by atoms with E-state index < -0.39 is 0 Å². The quantitative estimate of drug-likeness (QED) is 0.578. The Morgan fingerprint density at radius 1 is 1.16 bits per heavy atom. The van der Waals surface area contributed by atoms with Crippen LogP contribution in [0.2, 0.25) is 0 Å². The van der Waals surface area contributed by atoms with E-state index in [0.29, 0.717) is 17.0 Å². The van der Waals surface area contributed by atoms with Gasteiger partial charge in [-0.1, -0.05) is 30.9 Å². The average Bonchev–Trinajstić information content (AvgIpc) is 3.21. The molecule has 0 radical (unpaired) electrons. The van der Waals surface area contributed by atoms with Crippen LogP contribution in [-0.4, -0.2) is 59.2 Å². The van der Waals surface area contributed by atoms with Crippen LogP contribution in [0.1, 0.15) is 22.8 Å². The third-order valence-electron chi connectivity index (χ3n) is 5.62. The van der Waals surface area contributed by atoms with Gasteiger partial charge >= 0.3 is 0 Å². The fourth-order valence-electron chi connectivity index (χ4n) is 3.78. The summed E-state index contributed by atoms with van der Waals surface area (Å²) in [5.74, 6) is 0.335. The topological polar surface area (TPSA) is 77.1 Å². The number of nitrogens with zero attached hydrogens (tertiary/aromatic N) is 4. The van der Waals surface area contributed by atoms with E-state index in [0.717, 1.165) is 48.4 Å². The van der Waals surface area contributed by atoms with Gasteiger partial charge in [0.25, 0.3) is 5.91 Å². The maximum Gasteiger partial charge on any atom is 0.256 e. The van der Waals surface area contributed by atoms with Crippen LogP contribution in [0.5, 0.6) is 0 Å². The molecule has 1 aliphatic rings. The molecule has 7 heteroatoms. The molecule has 1 amide bonds. The second-order valence-corrected chi connectivity index (χ2v) is 7.84. The summed E-state index contributed by atoms with van der Waals surface area (Å²) in [6.07, 6.45) is 9.38. The maximum atomic E-state index is 12.9. The van der Waals surface area contributed by atoms with Crippen molar-refractivity contribution < 1.29 is 4.79 Å². The predicted octanol–water partition coefficient (Wildman–Crippen LogP) is 4.11. The van der Waals surface area contributed by atoms with Crippen molar-refractivity contribution in [1.82, 2.24) is 20.1 Å². The van der Waals surface area contributed by atoms with Gasteiger partial charge in [0.2, 0.25) is 0 Å². The Kier molecular flexibility index (Phi) is 6.47. The molecule has 32 heavy (non-hydrogen) atoms. The van der Waals surface area contributed by atoms with Crippen molar-refractivity contribution in [2.45, 2.75) is 6.92 Å². The van der Waals surface area contributed by atoms with Crippen molar-refractivity contribution in [3.05, 3.63) is 78.5 Å². The minimum absolute atomic E-state index is 0.193. The van der Waals surface area contributed by atoms with E-state index in [1.165, 1.54) is 0 Å². The van der Waals surface area contributed by atoms with Crippen LogP contribution < -0.4 is 10.2 Å². The van der Waals surface area contributed by atoms with Gasteiger partial charge < -0.3 is 15.1 Å². The van der Waals surface area contributed by atoms with Gasteiger partial charge in [-0.05, 0) is 49.9 Å². The van der Waals surface area contributed by atoms with Crippen molar-refractivity contribution in [2.75, 3.05) is 43.4 Å². The first kappa shape index (κ1) is 21.5. The first-order chi connectivity index (χ1) is 15.6. The molecule has 3 heterocycles. The first-order valence-electron chi connectivity index (χ1n) is 10.7. The lowest BCUT2D eigenvalue weighted by atomic mass is 10.1. The maximum absolute atomic E-state index is 12.9. The highest BCUT2D eigenvalue weighted by atomic mass is 16.1. The fraction of sp³-hybridized carbons (Fsp3) is 0.240. The molecule has 0 unspecified atom stereocenters. The molecule has 0 aliphatic carbocycles. The molecule has 2 aromatic heterocycles. The summed E-state index contributed by atoms with van der Waals surface area (Å²) in [4.78, 5) is 22.0. The molecular formula is C25H28N6O. The summed E-state index contributed by atoms with van der Waals surface area (Å²) in [5.41, 5.74) is 4.18. The molecule has 0 spiro atoms. The molecule has 0 saturated carbocycles. The van der Waals surface area contributed by atoms with Gasteiger partial charge in [0, 0.05) is 49.2 Å². The van der Waals surface area contributed by atoms with Crippen LogP contribution >= 0.6 is 0 Å². The first-order valence-corrected chi connectivity index (χ1v) is 10.7. The van der Waals surface area contributed by atoms with Crippen molar-refractivity contribution in [3.8, 4) is 0 Å². The zero-order valence-electron chi connectivity index (χ0n) is 18.5. The lowest BCUT2D eigenvalue weighted by Gasteiger charge is -2.34. The number of anilines is 2. The number of likely N-dealkylation sites (N-methyl/N-ethyl adjacent to an activating group) is 1. The van der Waals surface area contributed by atoms with Crippen LogP contribution in [0.15, 0.2) is 67.4 Å². The number of aromatic nitrogens is 3. The number of nitrogens with one attached hydrogen (secondary N) is 2. The number of amides is 1. The molecule has 0 atom stereocenters. The molecule has 1 saturated heterocycles. The van der Waals surface area contributed by atoms with Gasteiger partial charge in [0.1, 0.15) is 5.82 Å². The van der Waals surface area contributed by atoms with Crippen LogP contribution in [0.4, 0.5) is 11.5 Å². The number of allylic oxidation sites excluding steroid dienone is 5. The Bertz CT molecular complexity index is 1170. The van der Waals surface area contributed by atoms with Gasteiger partial charge in [0.15, 0.2) is 5.65 Å². The van der Waals surface area contributed by atoms with Crippen molar-refractivity contribution in [3.63, 3.8) is 0 Å². The predicted molar refractivity (Wildman–Crippen MR) is 131 cm³/mol. The summed E-state index contributed by atoms with van der Waals surface area (Å²) in [6, 6.07) is 9.71. The van der Waals surface area contributed by atoms with Crippen molar-refractivity contribution >= 4 is 34.0 Å². The molecule has 2 N–H and O–H groups in total. The Labute approximate surface area is 188 Å². The van der Waals surface area contributed by atoms with E-state index in [1.807, 2.05) is 55.5 Å². The molecule has 7 nitrogen and oxygen atoms in total. The highest BCUT2D eigenvalue weighted by Gasteiger charge is 2.16. The zero-order valence-corrected chi connectivity index (χ0v) is 18.5. The Morgan fingerprint density at radius 2 is 1.91 bits per heavy atom. The van der Waals surface area contributed by atoms with Gasteiger partial charge in [-0.3, -0.25) is 9.89 Å². The third-order valence-corrected chi connectivity index (χ3v) is 5.62. The largest absolute Gasteiger partial charge is 0.369 e. The van der Waals surface area contributed by atoms with Gasteiger partial charge in [-0.2, -0.15) is 5.10 Å². The number of piperazine rings is 1. The summed E-state index contributed by atoms with van der Waals surface area (Å²) < 4.78 is 0. The molecule has 0 bridgehead atoms. The van der Waals surface area contributed by atoms with Crippen molar-refractivity contribution in [1.29, 1.82) is 0 Å². The Morgan fingerprint density at radius 3 is 2.59 bits per heavy atom. The fourth-order valence-corrected chi connectivity index (χ4v) is 3.78. The van der Waals surface area contributed by atoms with E-state index in [1.54, 1.807) is 12.3 Å². The lowest BCUT2D eigenvalue weighted by molar-refractivity contribution is 0.102. The normalized spacial score (nSPS) is 15.4. The van der Waals surface area contributed by atoms with Crippen molar-refractivity contribution in [2.24, 2.45) is 0 Å². The number of benzene rings is 1. The number of fused-ring (bicyclic) bond motifs is 1. The molecular weight excluding hydrogens is 400 g/mol. The number of rotatable bonds is 6. The van der Waals surface area contributed by atoms with Crippen LogP contribution in [0, 0.1) is 0 Å². The van der Waals surface area contributed by atoms with E-state index in [4.69, 9.17) is 0 Å². The molecule has 1 aromatic carbocycles. The second kappa shape index (κ2) is 9.62. The number of hydrogen-bond donors (Lipinski definition) is 2. The Balaban J connectivity index is 1.52. The molecule has 3 aromatic rings. The second-order valence-electron chi connectivity index (χ2n) is 7.84. The number of carbonyl (C=O) groups excluding carboxylic acids is 1. The van der Waals surface area contributed by atoms with E-state index >= 15 is 0 Å². The number of aromatic amines is 1. The summed E-state index contributed by atoms with van der Waals surface area (Å²) in [7, 11) is 2.14. The molecule has 164 valence electrons. The van der Waals surface area contributed by atoms with Crippen LogP contribution in [0.3, 0.4) is 0 Å². The minimum Gasteiger partial charge on any atom is -0.369 e. The molecule has 1 aliphatic heterocycles. The van der Waals surface area contributed by atoms with E-state index in [2.05, 4.69) is 43.9 Å². The Hall–Kier alpha value is -3.71. The highest BCUT2D eigenvalue weighted by Crippen LogP contribution is 2.25. The lowest BCUT2D eigenvalue weighted by Crippen LogP contribution is -2.44. The number of hydrogen-bond acceptors (Lipinski definition) is 5. The standard InChI is InChI=1S/C25H28N6O/c1-4-6-18(7-5-2)20-16-22-23(26-17-20)28-29-24(22)27-25(32)19-8-10-21(11-9-19)31-14-12-30(3)13-15-31/h4-11,16-17H,1,12-15H2,2-3H3,(H2,26,27,28,29,32)/b7-5-,18-6+. The van der Waals surface area contributed by atoms with Gasteiger partial charge in [-0.25, -0.2) is 4.98 Å². The van der Waals surface area contributed by atoms with Gasteiger partial charge in [-0.15, -0.1) is 0 Å². The third kappa shape index (κ3) is 4.63. The summed E-state index contributed by atoms with van der Waals surface area (Å²) >= 11 is 0.